The molecule has 76 valence electrons. The molecular weight excluding hydrogens is 194 g/mol. The quantitative estimate of drug-likeness (QED) is 0.755. The van der Waals surface area contributed by atoms with Gasteiger partial charge in [0.1, 0.15) is 6.33 Å². The van der Waals surface area contributed by atoms with Gasteiger partial charge in [0.15, 0.2) is 0 Å². The molecule has 0 fully saturated rings. The Bertz CT molecular complexity index is 425. The zero-order valence-electron chi connectivity index (χ0n) is 7.84. The summed E-state index contributed by atoms with van der Waals surface area (Å²) in [5.74, 6) is 0.198. The number of nitrogens with one attached hydrogen (secondary N) is 2. The Hall–Kier alpha value is -2.24. The highest BCUT2D eigenvalue weighted by Crippen LogP contribution is 1.99. The molecule has 0 unspecified atom stereocenters. The average molecular weight is 203 g/mol. The fourth-order valence-electron chi connectivity index (χ4n) is 1.13. The van der Waals surface area contributed by atoms with E-state index < -0.39 is 0 Å². The van der Waals surface area contributed by atoms with Crippen molar-refractivity contribution < 1.29 is 4.79 Å². The lowest BCUT2D eigenvalue weighted by atomic mass is 10.2. The standard InChI is InChI=1S/C9H9N5O/c15-8(13-9-11-6-12-14-9)4-7-2-1-3-10-5-7/h1-3,5-6H,4H2,(H2,11,12,13,14,15). The van der Waals surface area contributed by atoms with Crippen LogP contribution in [0.25, 0.3) is 0 Å². The van der Waals surface area contributed by atoms with E-state index in [2.05, 4.69) is 25.5 Å². The highest BCUT2D eigenvalue weighted by Gasteiger charge is 2.04. The molecule has 0 bridgehead atoms. The minimum Gasteiger partial charge on any atom is -0.295 e. The second kappa shape index (κ2) is 4.32. The van der Waals surface area contributed by atoms with Crippen molar-refractivity contribution >= 4 is 11.9 Å². The zero-order chi connectivity index (χ0) is 10.5. The van der Waals surface area contributed by atoms with Crippen LogP contribution >= 0.6 is 0 Å². The molecule has 0 aliphatic rings. The molecule has 0 saturated carbocycles. The van der Waals surface area contributed by atoms with Gasteiger partial charge < -0.3 is 0 Å². The highest BCUT2D eigenvalue weighted by molar-refractivity contribution is 5.90. The SMILES string of the molecule is O=C(Cc1cccnc1)Nc1ncn[nH]1. The third kappa shape index (κ3) is 2.60. The zero-order valence-corrected chi connectivity index (χ0v) is 7.84. The number of aromatic amines is 1. The first-order chi connectivity index (χ1) is 7.34. The van der Waals surface area contributed by atoms with Gasteiger partial charge in [-0.15, -0.1) is 0 Å². The third-order valence-electron chi connectivity index (χ3n) is 1.76. The van der Waals surface area contributed by atoms with Crippen LogP contribution in [0.1, 0.15) is 5.56 Å². The van der Waals surface area contributed by atoms with Crippen molar-refractivity contribution in [3.8, 4) is 0 Å². The van der Waals surface area contributed by atoms with Crippen LogP contribution in [0.5, 0.6) is 0 Å². The number of hydrogen-bond donors (Lipinski definition) is 2. The van der Waals surface area contributed by atoms with E-state index in [9.17, 15) is 4.79 Å². The molecule has 2 rings (SSSR count). The van der Waals surface area contributed by atoms with Gasteiger partial charge in [-0.3, -0.25) is 15.1 Å². The van der Waals surface area contributed by atoms with E-state index in [0.29, 0.717) is 5.95 Å². The van der Waals surface area contributed by atoms with Crippen molar-refractivity contribution in [1.29, 1.82) is 0 Å². The Morgan fingerprint density at radius 3 is 3.13 bits per heavy atom. The fourth-order valence-corrected chi connectivity index (χ4v) is 1.13. The molecule has 6 nitrogen and oxygen atoms in total. The van der Waals surface area contributed by atoms with Crippen LogP contribution in [0.4, 0.5) is 5.95 Å². The molecule has 15 heavy (non-hydrogen) atoms. The summed E-state index contributed by atoms with van der Waals surface area (Å²) < 4.78 is 0. The summed E-state index contributed by atoms with van der Waals surface area (Å²) in [6, 6.07) is 3.63. The predicted molar refractivity (Wildman–Crippen MR) is 53.0 cm³/mol. The Labute approximate surface area is 85.8 Å². The molecule has 6 heteroatoms. The number of anilines is 1. The van der Waals surface area contributed by atoms with Crippen molar-refractivity contribution in [1.82, 2.24) is 20.2 Å². The molecule has 2 aromatic rings. The molecule has 1 amide bonds. The Morgan fingerprint density at radius 2 is 2.47 bits per heavy atom. The van der Waals surface area contributed by atoms with Gasteiger partial charge in [0.25, 0.3) is 0 Å². The van der Waals surface area contributed by atoms with Crippen LogP contribution in [0, 0.1) is 0 Å². The lowest BCUT2D eigenvalue weighted by Gasteiger charge is -2.00. The van der Waals surface area contributed by atoms with Gasteiger partial charge in [0.05, 0.1) is 6.42 Å². The molecule has 0 aliphatic carbocycles. The van der Waals surface area contributed by atoms with Gasteiger partial charge in [0, 0.05) is 12.4 Å². The van der Waals surface area contributed by atoms with Crippen LogP contribution in [-0.2, 0) is 11.2 Å². The van der Waals surface area contributed by atoms with Crippen LogP contribution in [0.15, 0.2) is 30.9 Å². The molecular formula is C9H9N5O. The van der Waals surface area contributed by atoms with Gasteiger partial charge in [0.2, 0.25) is 11.9 Å². The number of aromatic nitrogens is 4. The number of amides is 1. The van der Waals surface area contributed by atoms with Crippen LogP contribution in [0.3, 0.4) is 0 Å². The second-order valence-corrected chi connectivity index (χ2v) is 2.92. The van der Waals surface area contributed by atoms with Crippen molar-refractivity contribution in [2.45, 2.75) is 6.42 Å². The van der Waals surface area contributed by atoms with E-state index in [-0.39, 0.29) is 12.3 Å². The summed E-state index contributed by atoms with van der Waals surface area (Å²) in [6.45, 7) is 0. The number of carbonyl (C=O) groups is 1. The summed E-state index contributed by atoms with van der Waals surface area (Å²) in [7, 11) is 0. The van der Waals surface area contributed by atoms with Crippen LogP contribution < -0.4 is 5.32 Å². The molecule has 2 heterocycles. The third-order valence-corrected chi connectivity index (χ3v) is 1.76. The number of nitrogens with zero attached hydrogens (tertiary/aromatic N) is 3. The van der Waals surface area contributed by atoms with Crippen molar-refractivity contribution in [3.05, 3.63) is 36.4 Å². The fraction of sp³-hybridized carbons (Fsp3) is 0.111. The van der Waals surface area contributed by atoms with Gasteiger partial charge in [-0.2, -0.15) is 10.1 Å². The molecule has 0 atom stereocenters. The smallest absolute Gasteiger partial charge is 0.231 e. The number of rotatable bonds is 3. The summed E-state index contributed by atoms with van der Waals surface area (Å²) in [5, 5.41) is 8.74. The van der Waals surface area contributed by atoms with E-state index in [1.54, 1.807) is 18.5 Å². The lowest BCUT2D eigenvalue weighted by molar-refractivity contribution is -0.115. The van der Waals surface area contributed by atoms with E-state index in [4.69, 9.17) is 0 Å². The Morgan fingerprint density at radius 1 is 1.53 bits per heavy atom. The van der Waals surface area contributed by atoms with Crippen LogP contribution in [-0.4, -0.2) is 26.1 Å². The van der Waals surface area contributed by atoms with Crippen LogP contribution in [0.2, 0.25) is 0 Å². The van der Waals surface area contributed by atoms with Crippen molar-refractivity contribution in [2.75, 3.05) is 5.32 Å². The molecule has 0 spiro atoms. The first kappa shape index (κ1) is 9.32. The summed E-state index contributed by atoms with van der Waals surface area (Å²) in [4.78, 5) is 19.2. The minimum absolute atomic E-state index is 0.153. The summed E-state index contributed by atoms with van der Waals surface area (Å²) in [5.41, 5.74) is 0.856. The van der Waals surface area contributed by atoms with E-state index in [0.717, 1.165) is 5.56 Å². The maximum absolute atomic E-state index is 11.5. The number of pyridine rings is 1. The monoisotopic (exact) mass is 203 g/mol. The molecule has 0 aliphatic heterocycles. The minimum atomic E-state index is -0.153. The molecule has 2 N–H and O–H groups in total. The second-order valence-electron chi connectivity index (χ2n) is 2.92. The predicted octanol–water partition coefficient (Wildman–Crippen LogP) is 0.381. The number of H-pyrrole nitrogens is 1. The normalized spacial score (nSPS) is 9.87. The van der Waals surface area contributed by atoms with E-state index in [1.165, 1.54) is 6.33 Å². The highest BCUT2D eigenvalue weighted by atomic mass is 16.1. The Kier molecular flexibility index (Phi) is 2.68. The van der Waals surface area contributed by atoms with Gasteiger partial charge >= 0.3 is 0 Å². The van der Waals surface area contributed by atoms with E-state index in [1.807, 2.05) is 6.07 Å². The molecule has 0 radical (unpaired) electrons. The number of carbonyl (C=O) groups excluding carboxylic acids is 1. The first-order valence-electron chi connectivity index (χ1n) is 4.39. The molecule has 0 saturated heterocycles. The largest absolute Gasteiger partial charge is 0.295 e. The van der Waals surface area contributed by atoms with E-state index >= 15 is 0 Å². The van der Waals surface area contributed by atoms with Gasteiger partial charge in [-0.25, -0.2) is 5.10 Å². The average Bonchev–Trinajstić information content (AvgIpc) is 2.71. The summed E-state index contributed by atoms with van der Waals surface area (Å²) >= 11 is 0. The topological polar surface area (TPSA) is 83.6 Å². The molecule has 2 aromatic heterocycles. The lowest BCUT2D eigenvalue weighted by Crippen LogP contribution is -2.15. The van der Waals surface area contributed by atoms with Crippen molar-refractivity contribution in [3.63, 3.8) is 0 Å². The maximum Gasteiger partial charge on any atom is 0.231 e. The van der Waals surface area contributed by atoms with Crippen molar-refractivity contribution in [2.24, 2.45) is 0 Å². The number of hydrogen-bond acceptors (Lipinski definition) is 4. The molecule has 0 aromatic carbocycles. The maximum atomic E-state index is 11.5. The Balaban J connectivity index is 1.94. The first-order valence-corrected chi connectivity index (χ1v) is 4.39. The van der Waals surface area contributed by atoms with Gasteiger partial charge in [-0.1, -0.05) is 6.07 Å². The van der Waals surface area contributed by atoms with Gasteiger partial charge in [-0.05, 0) is 11.6 Å². The summed E-state index contributed by atoms with van der Waals surface area (Å²) in [6.07, 6.45) is 4.92.